The number of nitrogens with one attached hydrogen (secondary N) is 2. The number of amides is 2. The largest absolute Gasteiger partial charge is 0.394 e. The molecule has 47 heavy (non-hydrogen) atoms. The van der Waals surface area contributed by atoms with Gasteiger partial charge in [-0.1, -0.05) is 0 Å². The van der Waals surface area contributed by atoms with E-state index in [1.54, 1.807) is 0 Å². The van der Waals surface area contributed by atoms with E-state index in [0.717, 1.165) is 0 Å². The van der Waals surface area contributed by atoms with E-state index in [-0.39, 0.29) is 38.4 Å². The molecule has 2 aliphatic rings. The molecule has 0 saturated carbocycles. The first-order valence-electron chi connectivity index (χ1n) is 15.9. The molecule has 2 amide bonds. The summed E-state index contributed by atoms with van der Waals surface area (Å²) in [4.78, 5) is 36.7. The first kappa shape index (κ1) is 40.9. The molecule has 0 aromatic heterocycles. The zero-order chi connectivity index (χ0) is 34.9. The molecule has 0 aromatic carbocycles. The van der Waals surface area contributed by atoms with Gasteiger partial charge in [-0.2, -0.15) is 0 Å². The topological polar surface area (TPSA) is 274 Å². The van der Waals surface area contributed by atoms with Crippen LogP contribution in [0.3, 0.4) is 0 Å². The molecule has 0 bridgehead atoms. The lowest BCUT2D eigenvalue weighted by atomic mass is 9.99. The van der Waals surface area contributed by atoms with E-state index in [0.29, 0.717) is 45.1 Å². The van der Waals surface area contributed by atoms with Crippen LogP contribution in [0.2, 0.25) is 0 Å². The number of ether oxygens (including phenoxy) is 4. The zero-order valence-electron chi connectivity index (χ0n) is 26.3. The molecule has 0 aliphatic carbocycles. The minimum absolute atomic E-state index is 0.0599. The minimum atomic E-state index is -1.55. The molecule has 2 heterocycles. The molecular formula is C30H50N2O15. The maximum Gasteiger partial charge on any atom is 0.227 e. The highest BCUT2D eigenvalue weighted by molar-refractivity contribution is 6.01. The van der Waals surface area contributed by atoms with Crippen LogP contribution < -0.4 is 10.6 Å². The van der Waals surface area contributed by atoms with Gasteiger partial charge >= 0.3 is 0 Å². The monoisotopic (exact) mass is 678 g/mol. The standard InChI is InChI=1S/C30H50N2O15/c1-2-18(35)17(32-22(37)11-5-8-14-45-30-28(43)26(41)24(39)20(16-34)47-30)9-3-6-12-31-21(36)10-4-7-13-44-29-27(42)25(40)23(38)19(15-33)46-29/h1,17,19-20,23-30,33-34,38-43H,3-16H2,(H,31,36)(H,32,37)/t17-,19?,20?,23?,24?,25?,26?,27?,28?,29?,30?/m1/s1. The smallest absolute Gasteiger partial charge is 0.227 e. The molecule has 270 valence electrons. The molecule has 0 spiro atoms. The summed E-state index contributed by atoms with van der Waals surface area (Å²) in [7, 11) is 0. The molecule has 0 radical (unpaired) electrons. The third-order valence-corrected chi connectivity index (χ3v) is 7.89. The Morgan fingerprint density at radius 2 is 1.17 bits per heavy atom. The van der Waals surface area contributed by atoms with Gasteiger partial charge in [0.2, 0.25) is 17.6 Å². The van der Waals surface area contributed by atoms with Gasteiger partial charge in [0.15, 0.2) is 12.6 Å². The van der Waals surface area contributed by atoms with E-state index >= 15 is 0 Å². The number of carbonyl (C=O) groups excluding carboxylic acids is 3. The normalized spacial score (nSPS) is 31.5. The second-order valence-electron chi connectivity index (χ2n) is 11.5. The lowest BCUT2D eigenvalue weighted by Crippen LogP contribution is -2.59. The lowest BCUT2D eigenvalue weighted by Gasteiger charge is -2.39. The van der Waals surface area contributed by atoms with Crippen LogP contribution in [0.5, 0.6) is 0 Å². The first-order valence-corrected chi connectivity index (χ1v) is 15.9. The number of unbranched alkanes of at least 4 members (excludes halogenated alkanes) is 3. The average Bonchev–Trinajstić information content (AvgIpc) is 3.06. The lowest BCUT2D eigenvalue weighted by molar-refractivity contribution is -0.301. The molecule has 0 aromatic rings. The quantitative estimate of drug-likeness (QED) is 0.0314. The summed E-state index contributed by atoms with van der Waals surface area (Å²) in [6, 6.07) is -0.878. The van der Waals surface area contributed by atoms with Gasteiger partial charge in [0, 0.05) is 32.6 Å². The third-order valence-electron chi connectivity index (χ3n) is 7.89. The maximum atomic E-state index is 12.4. The number of hydrogen-bond donors (Lipinski definition) is 10. The Labute approximate surface area is 273 Å². The average molecular weight is 679 g/mol. The SMILES string of the molecule is C#CC(=O)[C@@H](CCCCNC(=O)CCCCOC1OC(CO)C(O)C(O)C1O)NC(=O)CCCCOC1OC(CO)C(O)C(O)C1O. The van der Waals surface area contributed by atoms with Crippen molar-refractivity contribution >= 4 is 17.6 Å². The summed E-state index contributed by atoms with van der Waals surface area (Å²) < 4.78 is 21.3. The predicted octanol–water partition coefficient (Wildman–Crippen LogP) is -4.07. The van der Waals surface area contributed by atoms with Crippen molar-refractivity contribution in [3.8, 4) is 12.3 Å². The Kier molecular flexibility index (Phi) is 18.8. The molecular weight excluding hydrogens is 628 g/mol. The van der Waals surface area contributed by atoms with Gasteiger partial charge in [-0.3, -0.25) is 14.4 Å². The fraction of sp³-hybridized carbons (Fsp3) is 0.833. The van der Waals surface area contributed by atoms with Gasteiger partial charge in [-0.05, 0) is 50.9 Å². The molecule has 2 saturated heterocycles. The number of aliphatic hydroxyl groups excluding tert-OH is 8. The van der Waals surface area contributed by atoms with Crippen molar-refractivity contribution in [2.75, 3.05) is 33.0 Å². The molecule has 17 nitrogen and oxygen atoms in total. The molecule has 11 atom stereocenters. The van der Waals surface area contributed by atoms with Crippen LogP contribution >= 0.6 is 0 Å². The number of carbonyl (C=O) groups is 3. The second kappa shape index (κ2) is 21.6. The van der Waals surface area contributed by atoms with E-state index < -0.39 is 92.4 Å². The summed E-state index contributed by atoms with van der Waals surface area (Å²) in [5, 5.41) is 83.0. The predicted molar refractivity (Wildman–Crippen MR) is 160 cm³/mol. The number of rotatable bonds is 21. The van der Waals surface area contributed by atoms with E-state index in [1.807, 2.05) is 5.92 Å². The molecule has 2 fully saturated rings. The summed E-state index contributed by atoms with van der Waals surface area (Å²) in [5.74, 6) is 0.864. The third kappa shape index (κ3) is 13.3. The minimum Gasteiger partial charge on any atom is -0.394 e. The van der Waals surface area contributed by atoms with Crippen molar-refractivity contribution in [2.24, 2.45) is 0 Å². The highest BCUT2D eigenvalue weighted by Crippen LogP contribution is 2.23. The number of Topliss-reactive ketones (excluding diaryl/α,β-unsaturated/α-hetero) is 1. The van der Waals surface area contributed by atoms with Gasteiger partial charge in [-0.25, -0.2) is 0 Å². The van der Waals surface area contributed by atoms with E-state index in [9.17, 15) is 55.2 Å². The Balaban J connectivity index is 1.56. The zero-order valence-corrected chi connectivity index (χ0v) is 26.3. The summed E-state index contributed by atoms with van der Waals surface area (Å²) in [6.45, 7) is -0.612. The second-order valence-corrected chi connectivity index (χ2v) is 11.5. The Morgan fingerprint density at radius 3 is 1.64 bits per heavy atom. The van der Waals surface area contributed by atoms with Crippen molar-refractivity contribution in [2.45, 2.75) is 125 Å². The van der Waals surface area contributed by atoms with Crippen molar-refractivity contribution in [1.82, 2.24) is 10.6 Å². The molecule has 2 aliphatic heterocycles. The Hall–Kier alpha value is -2.31. The van der Waals surface area contributed by atoms with Crippen LogP contribution in [0.25, 0.3) is 0 Å². The number of hydrogen-bond acceptors (Lipinski definition) is 15. The Bertz CT molecular complexity index is 993. The van der Waals surface area contributed by atoms with Gasteiger partial charge in [0.1, 0.15) is 48.8 Å². The molecule has 10 unspecified atom stereocenters. The van der Waals surface area contributed by atoms with Gasteiger partial charge in [-0.15, -0.1) is 6.42 Å². The van der Waals surface area contributed by atoms with Crippen molar-refractivity contribution in [3.63, 3.8) is 0 Å². The fourth-order valence-electron chi connectivity index (χ4n) is 5.01. The molecule has 2 rings (SSSR count). The number of terminal acetylenes is 1. The fourth-order valence-corrected chi connectivity index (χ4v) is 5.01. The van der Waals surface area contributed by atoms with Gasteiger partial charge < -0.3 is 70.4 Å². The van der Waals surface area contributed by atoms with Crippen molar-refractivity contribution in [1.29, 1.82) is 0 Å². The summed E-state index contributed by atoms with van der Waals surface area (Å²) >= 11 is 0. The van der Waals surface area contributed by atoms with Crippen LogP contribution in [-0.4, -0.2) is 159 Å². The number of ketones is 1. The van der Waals surface area contributed by atoms with E-state index in [1.165, 1.54) is 0 Å². The summed E-state index contributed by atoms with van der Waals surface area (Å²) in [6.07, 6.45) is -5.16. The van der Waals surface area contributed by atoms with Gasteiger partial charge in [0.25, 0.3) is 0 Å². The van der Waals surface area contributed by atoms with Crippen LogP contribution in [0.15, 0.2) is 0 Å². The van der Waals surface area contributed by atoms with Crippen LogP contribution in [0.1, 0.15) is 57.8 Å². The van der Waals surface area contributed by atoms with Gasteiger partial charge in [0.05, 0.1) is 19.3 Å². The van der Waals surface area contributed by atoms with Crippen LogP contribution in [-0.2, 0) is 33.3 Å². The molecule has 17 heteroatoms. The first-order chi connectivity index (χ1) is 22.4. The summed E-state index contributed by atoms with van der Waals surface area (Å²) in [5.41, 5.74) is 0. The van der Waals surface area contributed by atoms with Crippen molar-refractivity contribution in [3.05, 3.63) is 0 Å². The number of aliphatic hydroxyl groups is 8. The van der Waals surface area contributed by atoms with Crippen LogP contribution in [0.4, 0.5) is 0 Å². The molecule has 10 N–H and O–H groups in total. The van der Waals surface area contributed by atoms with Crippen LogP contribution in [0, 0.1) is 12.3 Å². The van der Waals surface area contributed by atoms with E-state index in [4.69, 9.17) is 25.4 Å². The highest BCUT2D eigenvalue weighted by atomic mass is 16.7. The van der Waals surface area contributed by atoms with E-state index in [2.05, 4.69) is 10.6 Å². The maximum absolute atomic E-state index is 12.4. The Morgan fingerprint density at radius 1 is 0.681 bits per heavy atom. The van der Waals surface area contributed by atoms with Crippen molar-refractivity contribution < 1.29 is 74.2 Å². The highest BCUT2D eigenvalue weighted by Gasteiger charge is 2.45.